The second-order valence-corrected chi connectivity index (χ2v) is 6.53. The molecule has 0 unspecified atom stereocenters. The highest BCUT2D eigenvalue weighted by molar-refractivity contribution is 6.31. The number of benzene rings is 2. The van der Waals surface area contributed by atoms with Crippen molar-refractivity contribution in [3.8, 4) is 17.4 Å². The minimum Gasteiger partial charge on any atom is -0.457 e. The molecule has 7 nitrogen and oxygen atoms in total. The molecule has 0 radical (unpaired) electrons. The van der Waals surface area contributed by atoms with Crippen molar-refractivity contribution in [3.05, 3.63) is 86.6 Å². The fraction of sp³-hybridized carbons (Fsp3) is 0.0476. The predicted molar refractivity (Wildman–Crippen MR) is 109 cm³/mol. The number of aryl methyl sites for hydroxylation is 1. The molecule has 0 fully saturated rings. The number of carbonyl (C=O) groups excluding carboxylic acids is 1. The van der Waals surface area contributed by atoms with Crippen LogP contribution in [0.25, 0.3) is 17.4 Å². The molecule has 8 heteroatoms. The molecule has 3 aromatic rings. The Morgan fingerprint density at radius 1 is 1.24 bits per heavy atom. The first-order valence-electron chi connectivity index (χ1n) is 8.41. The van der Waals surface area contributed by atoms with Crippen LogP contribution in [0.15, 0.2) is 64.6 Å². The normalized spacial score (nSPS) is 11.0. The molecule has 1 heterocycles. The minimum absolute atomic E-state index is 0.0117. The Labute approximate surface area is 171 Å². The summed E-state index contributed by atoms with van der Waals surface area (Å²) in [5.74, 6) is 0.172. The van der Waals surface area contributed by atoms with E-state index in [-0.39, 0.29) is 11.3 Å². The molecule has 0 saturated carbocycles. The Kier molecular flexibility index (Phi) is 5.77. The maximum atomic E-state index is 12.3. The molecule has 144 valence electrons. The third-order valence-corrected chi connectivity index (χ3v) is 4.28. The maximum absolute atomic E-state index is 12.3. The quantitative estimate of drug-likeness (QED) is 0.265. The number of nitrogens with one attached hydrogen (secondary N) is 1. The molecule has 1 aromatic heterocycles. The number of nitriles is 1. The summed E-state index contributed by atoms with van der Waals surface area (Å²) in [5.41, 5.74) is 1.65. The van der Waals surface area contributed by atoms with Crippen molar-refractivity contribution in [2.24, 2.45) is 0 Å². The van der Waals surface area contributed by atoms with E-state index in [4.69, 9.17) is 16.0 Å². The molecule has 0 aliphatic rings. The monoisotopic (exact) mass is 407 g/mol. The standard InChI is InChI=1S/C21H14ClN3O4/c1-13-9-17(25(27)28)5-7-19(13)20-8-6-18(29-20)10-14(12-23)21(26)24-16-4-2-3-15(22)11-16/h2-11H,1H3,(H,24,26)/b14-10+. The maximum Gasteiger partial charge on any atom is 0.269 e. The highest BCUT2D eigenvalue weighted by Crippen LogP contribution is 2.29. The van der Waals surface area contributed by atoms with E-state index in [1.165, 1.54) is 18.2 Å². The third kappa shape index (κ3) is 4.69. The molecule has 2 aromatic carbocycles. The van der Waals surface area contributed by atoms with Crippen LogP contribution >= 0.6 is 11.6 Å². The van der Waals surface area contributed by atoms with Gasteiger partial charge in [-0.2, -0.15) is 5.26 Å². The molecule has 0 spiro atoms. The number of nitrogens with zero attached hydrogens (tertiary/aromatic N) is 2. The summed E-state index contributed by atoms with van der Waals surface area (Å²) in [6.45, 7) is 1.74. The van der Waals surface area contributed by atoms with Crippen molar-refractivity contribution in [1.29, 1.82) is 5.26 Å². The summed E-state index contributed by atoms with van der Waals surface area (Å²) in [7, 11) is 0. The molecule has 3 rings (SSSR count). The number of hydrogen-bond donors (Lipinski definition) is 1. The summed E-state index contributed by atoms with van der Waals surface area (Å²) < 4.78 is 5.70. The number of non-ortho nitro benzene ring substituents is 1. The van der Waals surface area contributed by atoms with Crippen LogP contribution in [-0.4, -0.2) is 10.8 Å². The van der Waals surface area contributed by atoms with Crippen molar-refractivity contribution >= 4 is 35.0 Å². The van der Waals surface area contributed by atoms with Gasteiger partial charge in [0.25, 0.3) is 11.6 Å². The summed E-state index contributed by atoms with van der Waals surface area (Å²) in [5, 5.41) is 23.3. The zero-order chi connectivity index (χ0) is 21.0. The van der Waals surface area contributed by atoms with E-state index >= 15 is 0 Å². The molecule has 0 atom stereocenters. The first-order chi connectivity index (χ1) is 13.9. The van der Waals surface area contributed by atoms with E-state index in [1.54, 1.807) is 49.4 Å². The van der Waals surface area contributed by atoms with Gasteiger partial charge in [-0.15, -0.1) is 0 Å². The van der Waals surface area contributed by atoms with Gasteiger partial charge in [-0.3, -0.25) is 14.9 Å². The van der Waals surface area contributed by atoms with Crippen molar-refractivity contribution in [2.75, 3.05) is 5.32 Å². The third-order valence-electron chi connectivity index (χ3n) is 4.05. The largest absolute Gasteiger partial charge is 0.457 e. The number of hydrogen-bond acceptors (Lipinski definition) is 5. The Bertz CT molecular complexity index is 1170. The van der Waals surface area contributed by atoms with Crippen LogP contribution in [0.3, 0.4) is 0 Å². The smallest absolute Gasteiger partial charge is 0.269 e. The van der Waals surface area contributed by atoms with E-state index < -0.39 is 10.8 Å². The highest BCUT2D eigenvalue weighted by atomic mass is 35.5. The van der Waals surface area contributed by atoms with Crippen molar-refractivity contribution < 1.29 is 14.1 Å². The van der Waals surface area contributed by atoms with Gasteiger partial charge < -0.3 is 9.73 Å². The number of rotatable bonds is 5. The molecule has 0 aliphatic carbocycles. The number of anilines is 1. The van der Waals surface area contributed by atoms with E-state index in [2.05, 4.69) is 5.32 Å². The van der Waals surface area contributed by atoms with Crippen molar-refractivity contribution in [2.45, 2.75) is 6.92 Å². The van der Waals surface area contributed by atoms with Gasteiger partial charge in [0, 0.05) is 34.5 Å². The van der Waals surface area contributed by atoms with Gasteiger partial charge >= 0.3 is 0 Å². The van der Waals surface area contributed by atoms with Crippen LogP contribution in [0.4, 0.5) is 11.4 Å². The van der Waals surface area contributed by atoms with Crippen LogP contribution < -0.4 is 5.32 Å². The first kappa shape index (κ1) is 19.9. The lowest BCUT2D eigenvalue weighted by atomic mass is 10.1. The highest BCUT2D eigenvalue weighted by Gasteiger charge is 2.14. The molecular formula is C21H14ClN3O4. The lowest BCUT2D eigenvalue weighted by molar-refractivity contribution is -0.384. The zero-order valence-electron chi connectivity index (χ0n) is 15.2. The van der Waals surface area contributed by atoms with Gasteiger partial charge in [0.1, 0.15) is 23.2 Å². The molecule has 0 saturated heterocycles. The Balaban J connectivity index is 1.83. The van der Waals surface area contributed by atoms with Gasteiger partial charge in [-0.25, -0.2) is 0 Å². The van der Waals surface area contributed by atoms with Crippen LogP contribution in [0, 0.1) is 28.4 Å². The predicted octanol–water partition coefficient (Wildman–Crippen LogP) is 5.36. The van der Waals surface area contributed by atoms with Crippen molar-refractivity contribution in [3.63, 3.8) is 0 Å². The van der Waals surface area contributed by atoms with E-state index in [9.17, 15) is 20.2 Å². The average Bonchev–Trinajstić information content (AvgIpc) is 3.14. The van der Waals surface area contributed by atoms with E-state index in [0.29, 0.717) is 33.4 Å². The van der Waals surface area contributed by atoms with E-state index in [1.807, 2.05) is 6.07 Å². The zero-order valence-corrected chi connectivity index (χ0v) is 15.9. The van der Waals surface area contributed by atoms with Crippen LogP contribution in [0.5, 0.6) is 0 Å². The SMILES string of the molecule is Cc1cc([N+](=O)[O-])ccc1-c1ccc(/C=C(\C#N)C(=O)Nc2cccc(Cl)c2)o1. The Morgan fingerprint density at radius 2 is 2.03 bits per heavy atom. The lowest BCUT2D eigenvalue weighted by Gasteiger charge is -2.04. The van der Waals surface area contributed by atoms with Crippen LogP contribution in [0.2, 0.25) is 5.02 Å². The van der Waals surface area contributed by atoms with Gasteiger partial charge in [0.15, 0.2) is 0 Å². The Morgan fingerprint density at radius 3 is 2.69 bits per heavy atom. The molecular weight excluding hydrogens is 394 g/mol. The molecule has 29 heavy (non-hydrogen) atoms. The molecule has 1 amide bonds. The summed E-state index contributed by atoms with van der Waals surface area (Å²) in [6.07, 6.45) is 1.32. The molecule has 0 bridgehead atoms. The van der Waals surface area contributed by atoms with Gasteiger partial charge in [0.2, 0.25) is 0 Å². The summed E-state index contributed by atoms with van der Waals surface area (Å²) in [4.78, 5) is 22.7. The number of amides is 1. The molecule has 1 N–H and O–H groups in total. The summed E-state index contributed by atoms with van der Waals surface area (Å²) in [6, 6.07) is 16.1. The van der Waals surface area contributed by atoms with Gasteiger partial charge in [-0.1, -0.05) is 17.7 Å². The second-order valence-electron chi connectivity index (χ2n) is 6.09. The average molecular weight is 408 g/mol. The summed E-state index contributed by atoms with van der Waals surface area (Å²) >= 11 is 5.89. The second kappa shape index (κ2) is 8.42. The number of nitro groups is 1. The van der Waals surface area contributed by atoms with Gasteiger partial charge in [-0.05, 0) is 48.9 Å². The molecule has 0 aliphatic heterocycles. The fourth-order valence-corrected chi connectivity index (χ4v) is 2.86. The minimum atomic E-state index is -0.598. The number of carbonyl (C=O) groups is 1. The topological polar surface area (TPSA) is 109 Å². The first-order valence-corrected chi connectivity index (χ1v) is 8.79. The fourth-order valence-electron chi connectivity index (χ4n) is 2.67. The van der Waals surface area contributed by atoms with Crippen LogP contribution in [-0.2, 0) is 4.79 Å². The van der Waals surface area contributed by atoms with Crippen LogP contribution in [0.1, 0.15) is 11.3 Å². The number of nitro benzene ring substituents is 1. The van der Waals surface area contributed by atoms with Gasteiger partial charge in [0.05, 0.1) is 4.92 Å². The van der Waals surface area contributed by atoms with E-state index in [0.717, 1.165) is 0 Å². The van der Waals surface area contributed by atoms with Crippen molar-refractivity contribution in [1.82, 2.24) is 0 Å². The lowest BCUT2D eigenvalue weighted by Crippen LogP contribution is -2.13. The number of halogens is 1. The number of furan rings is 1. The Hall–Kier alpha value is -3.89.